The Balaban J connectivity index is 1.47. The smallest absolute Gasteiger partial charge is 0.242 e. The Labute approximate surface area is 124 Å². The van der Waals surface area contributed by atoms with Crippen LogP contribution < -0.4 is 0 Å². The van der Waals surface area contributed by atoms with E-state index in [9.17, 15) is 14.4 Å². The first-order chi connectivity index (χ1) is 10.2. The van der Waals surface area contributed by atoms with Crippen LogP contribution in [-0.4, -0.2) is 47.2 Å². The first kappa shape index (κ1) is 13.3. The fraction of sp³-hybridized carbons (Fsp3) is 0.812. The molecule has 2 saturated heterocycles. The minimum absolute atomic E-state index is 0.0237. The maximum atomic E-state index is 12.5. The van der Waals surface area contributed by atoms with Crippen LogP contribution in [0.3, 0.4) is 0 Å². The highest BCUT2D eigenvalue weighted by Gasteiger charge is 2.61. The zero-order chi connectivity index (χ0) is 14.6. The lowest BCUT2D eigenvalue weighted by Crippen LogP contribution is -2.45. The number of hydrogen-bond acceptors (Lipinski definition) is 3. The molecule has 2 aliphatic heterocycles. The second-order valence-electron chi connectivity index (χ2n) is 7.09. The number of amides is 3. The molecule has 0 N–H and O–H groups in total. The summed E-state index contributed by atoms with van der Waals surface area (Å²) in [5.41, 5.74) is 0. The van der Waals surface area contributed by atoms with E-state index in [1.165, 1.54) is 11.3 Å². The first-order valence-electron chi connectivity index (χ1n) is 8.30. The van der Waals surface area contributed by atoms with Gasteiger partial charge in [-0.2, -0.15) is 0 Å². The van der Waals surface area contributed by atoms with Crippen LogP contribution in [0.15, 0.2) is 0 Å². The molecular weight excluding hydrogens is 268 g/mol. The van der Waals surface area contributed by atoms with Gasteiger partial charge in [0.15, 0.2) is 0 Å². The monoisotopic (exact) mass is 290 g/mol. The number of imide groups is 1. The molecule has 2 heterocycles. The van der Waals surface area contributed by atoms with Gasteiger partial charge in [-0.05, 0) is 50.4 Å². The molecule has 0 spiro atoms. The molecule has 4 fully saturated rings. The van der Waals surface area contributed by atoms with E-state index in [1.54, 1.807) is 0 Å². The Kier molecular flexibility index (Phi) is 3.05. The molecule has 2 aliphatic carbocycles. The van der Waals surface area contributed by atoms with E-state index in [4.69, 9.17) is 0 Å². The molecule has 0 aromatic heterocycles. The second kappa shape index (κ2) is 4.82. The fourth-order valence-corrected chi connectivity index (χ4v) is 5.00. The maximum absolute atomic E-state index is 12.5. The molecule has 4 atom stereocenters. The third kappa shape index (κ3) is 1.93. The van der Waals surface area contributed by atoms with Crippen molar-refractivity contribution in [2.75, 3.05) is 19.6 Å². The molecule has 2 bridgehead atoms. The van der Waals surface area contributed by atoms with Crippen molar-refractivity contribution in [3.8, 4) is 0 Å². The van der Waals surface area contributed by atoms with E-state index >= 15 is 0 Å². The van der Waals surface area contributed by atoms with E-state index in [-0.39, 0.29) is 36.1 Å². The number of fused-ring (bicyclic) bond motifs is 5. The van der Waals surface area contributed by atoms with Crippen molar-refractivity contribution in [1.82, 2.24) is 9.80 Å². The van der Waals surface area contributed by atoms with Gasteiger partial charge in [0.1, 0.15) is 6.54 Å². The van der Waals surface area contributed by atoms with Gasteiger partial charge in [0.2, 0.25) is 17.7 Å². The third-order valence-electron chi connectivity index (χ3n) is 6.02. The molecule has 21 heavy (non-hydrogen) atoms. The van der Waals surface area contributed by atoms with Crippen molar-refractivity contribution in [1.29, 1.82) is 0 Å². The quantitative estimate of drug-likeness (QED) is 0.714. The summed E-state index contributed by atoms with van der Waals surface area (Å²) in [6.45, 7) is 1.52. The first-order valence-corrected chi connectivity index (χ1v) is 8.30. The number of carbonyl (C=O) groups excluding carboxylic acids is 3. The summed E-state index contributed by atoms with van der Waals surface area (Å²) < 4.78 is 0. The van der Waals surface area contributed by atoms with Crippen molar-refractivity contribution in [2.45, 2.75) is 38.5 Å². The SMILES string of the molecule is O=C(CN1C(=O)[C@@H]2[C@H]3CC[C@@H](C3)[C@H]2C1=O)N1CCCCC1. The molecule has 5 heteroatoms. The van der Waals surface area contributed by atoms with E-state index < -0.39 is 0 Å². The Bertz CT molecular complexity index is 470. The number of hydrogen-bond donors (Lipinski definition) is 0. The molecule has 0 aromatic carbocycles. The molecule has 2 saturated carbocycles. The van der Waals surface area contributed by atoms with Gasteiger partial charge in [0, 0.05) is 13.1 Å². The Hall–Kier alpha value is -1.39. The van der Waals surface area contributed by atoms with Gasteiger partial charge in [-0.3, -0.25) is 19.3 Å². The molecule has 4 rings (SSSR count). The van der Waals surface area contributed by atoms with Crippen LogP contribution in [0.1, 0.15) is 38.5 Å². The Morgan fingerprint density at radius 3 is 2.10 bits per heavy atom. The van der Waals surface area contributed by atoms with Gasteiger partial charge in [-0.25, -0.2) is 0 Å². The highest BCUT2D eigenvalue weighted by Crippen LogP contribution is 2.56. The fourth-order valence-electron chi connectivity index (χ4n) is 5.00. The predicted molar refractivity (Wildman–Crippen MR) is 75.0 cm³/mol. The Morgan fingerprint density at radius 2 is 1.52 bits per heavy atom. The van der Waals surface area contributed by atoms with Gasteiger partial charge in [0.05, 0.1) is 11.8 Å². The lowest BCUT2D eigenvalue weighted by atomic mass is 9.81. The summed E-state index contributed by atoms with van der Waals surface area (Å²) in [5.74, 6) is 0.391. The van der Waals surface area contributed by atoms with Crippen molar-refractivity contribution in [2.24, 2.45) is 23.7 Å². The van der Waals surface area contributed by atoms with Crippen LogP contribution in [0.2, 0.25) is 0 Å². The highest BCUT2D eigenvalue weighted by molar-refractivity contribution is 6.08. The largest absolute Gasteiger partial charge is 0.341 e. The topological polar surface area (TPSA) is 57.7 Å². The van der Waals surface area contributed by atoms with Gasteiger partial charge >= 0.3 is 0 Å². The number of likely N-dealkylation sites (tertiary alicyclic amines) is 2. The molecule has 0 unspecified atom stereocenters. The van der Waals surface area contributed by atoms with E-state index in [2.05, 4.69) is 0 Å². The summed E-state index contributed by atoms with van der Waals surface area (Å²) in [5, 5.41) is 0. The molecule has 5 nitrogen and oxygen atoms in total. The summed E-state index contributed by atoms with van der Waals surface area (Å²) in [4.78, 5) is 40.5. The molecule has 114 valence electrons. The van der Waals surface area contributed by atoms with Gasteiger partial charge < -0.3 is 4.90 Å². The lowest BCUT2D eigenvalue weighted by molar-refractivity contribution is -0.147. The maximum Gasteiger partial charge on any atom is 0.242 e. The highest BCUT2D eigenvalue weighted by atomic mass is 16.2. The summed E-state index contributed by atoms with van der Waals surface area (Å²) in [6, 6.07) is 0. The Morgan fingerprint density at radius 1 is 0.952 bits per heavy atom. The van der Waals surface area contributed by atoms with E-state index in [1.807, 2.05) is 4.90 Å². The van der Waals surface area contributed by atoms with Crippen LogP contribution in [0.4, 0.5) is 0 Å². The van der Waals surface area contributed by atoms with Crippen LogP contribution in [0.5, 0.6) is 0 Å². The average molecular weight is 290 g/mol. The van der Waals surface area contributed by atoms with Gasteiger partial charge in [-0.1, -0.05) is 0 Å². The van der Waals surface area contributed by atoms with Gasteiger partial charge in [-0.15, -0.1) is 0 Å². The standard InChI is InChI=1S/C16H22N2O3/c19-12(17-6-2-1-3-7-17)9-18-15(20)13-10-4-5-11(8-10)14(13)16(18)21/h10-11,13-14H,1-9H2/t10-,11-,13+,14+/m0/s1. The number of rotatable bonds is 2. The van der Waals surface area contributed by atoms with Crippen molar-refractivity contribution >= 4 is 17.7 Å². The van der Waals surface area contributed by atoms with Crippen molar-refractivity contribution < 1.29 is 14.4 Å². The minimum atomic E-state index is -0.106. The third-order valence-corrected chi connectivity index (χ3v) is 6.02. The van der Waals surface area contributed by atoms with Crippen molar-refractivity contribution in [3.05, 3.63) is 0 Å². The number of nitrogens with zero attached hydrogens (tertiary/aromatic N) is 2. The summed E-state index contributed by atoms with van der Waals surface area (Å²) in [7, 11) is 0. The predicted octanol–water partition coefficient (Wildman–Crippen LogP) is 1.03. The van der Waals surface area contributed by atoms with Crippen LogP contribution in [0.25, 0.3) is 0 Å². The molecule has 0 aromatic rings. The number of piperidine rings is 1. The minimum Gasteiger partial charge on any atom is -0.341 e. The van der Waals surface area contributed by atoms with E-state index in [0.29, 0.717) is 11.8 Å². The van der Waals surface area contributed by atoms with Crippen LogP contribution >= 0.6 is 0 Å². The van der Waals surface area contributed by atoms with E-state index in [0.717, 1.165) is 45.2 Å². The molecule has 3 amide bonds. The van der Waals surface area contributed by atoms with Gasteiger partial charge in [0.25, 0.3) is 0 Å². The molecular formula is C16H22N2O3. The summed E-state index contributed by atoms with van der Waals surface area (Å²) in [6.07, 6.45) is 6.43. The zero-order valence-corrected chi connectivity index (χ0v) is 12.3. The molecule has 0 radical (unpaired) electrons. The van der Waals surface area contributed by atoms with Crippen LogP contribution in [-0.2, 0) is 14.4 Å². The van der Waals surface area contributed by atoms with Crippen molar-refractivity contribution in [3.63, 3.8) is 0 Å². The summed E-state index contributed by atoms with van der Waals surface area (Å²) >= 11 is 0. The lowest BCUT2D eigenvalue weighted by Gasteiger charge is -2.28. The van der Waals surface area contributed by atoms with Crippen LogP contribution in [0, 0.1) is 23.7 Å². The number of carbonyl (C=O) groups is 3. The average Bonchev–Trinajstić information content (AvgIpc) is 3.18. The normalized spacial score (nSPS) is 38.3. The zero-order valence-electron chi connectivity index (χ0n) is 12.3. The second-order valence-corrected chi connectivity index (χ2v) is 7.09. The molecule has 4 aliphatic rings.